The van der Waals surface area contributed by atoms with Crippen LogP contribution in [0.1, 0.15) is 40.0 Å². The average molecular weight is 241 g/mol. The molecule has 0 aromatic rings. The Labute approximate surface area is 105 Å². The highest BCUT2D eigenvalue weighted by Crippen LogP contribution is 2.34. The summed E-state index contributed by atoms with van der Waals surface area (Å²) in [6.07, 6.45) is 3.66. The Morgan fingerprint density at radius 1 is 1.47 bits per heavy atom. The molecule has 1 heterocycles. The summed E-state index contributed by atoms with van der Waals surface area (Å²) in [6.45, 7) is 9.33. The lowest BCUT2D eigenvalue weighted by Crippen LogP contribution is -2.59. The van der Waals surface area contributed by atoms with Crippen LogP contribution in [-0.4, -0.2) is 43.0 Å². The van der Waals surface area contributed by atoms with Crippen LogP contribution in [0, 0.1) is 5.41 Å². The Hall–Kier alpha value is -0.610. The number of amides is 1. The molecule has 1 atom stereocenters. The zero-order valence-corrected chi connectivity index (χ0v) is 11.7. The summed E-state index contributed by atoms with van der Waals surface area (Å²) in [4.78, 5) is 13.8. The summed E-state index contributed by atoms with van der Waals surface area (Å²) in [5, 5.41) is 3.04. The maximum atomic E-state index is 11.4. The van der Waals surface area contributed by atoms with Crippen LogP contribution in [0.5, 0.6) is 0 Å². The Balaban J connectivity index is 2.53. The Morgan fingerprint density at radius 2 is 2.00 bits per heavy atom. The van der Waals surface area contributed by atoms with Crippen LogP contribution in [0.25, 0.3) is 0 Å². The van der Waals surface area contributed by atoms with Crippen molar-refractivity contribution in [3.63, 3.8) is 0 Å². The first-order valence-electron chi connectivity index (χ1n) is 6.56. The minimum atomic E-state index is -0.611. The number of primary amides is 1. The van der Waals surface area contributed by atoms with E-state index in [1.54, 1.807) is 7.05 Å². The summed E-state index contributed by atoms with van der Waals surface area (Å²) < 4.78 is 0. The SMILES string of the molecule is CCC1(C)CCN(CC(C)(NC)C(N)=O)CC1. The number of rotatable bonds is 5. The number of nitrogens with one attached hydrogen (secondary N) is 1. The number of hydrogen-bond donors (Lipinski definition) is 2. The summed E-state index contributed by atoms with van der Waals surface area (Å²) in [5.41, 5.74) is 5.32. The molecular formula is C13H27N3O. The highest BCUT2D eigenvalue weighted by atomic mass is 16.1. The molecule has 4 heteroatoms. The van der Waals surface area contributed by atoms with Gasteiger partial charge in [-0.3, -0.25) is 4.79 Å². The molecule has 0 saturated carbocycles. The maximum absolute atomic E-state index is 11.4. The fourth-order valence-electron chi connectivity index (χ4n) is 2.33. The van der Waals surface area contributed by atoms with Gasteiger partial charge in [-0.25, -0.2) is 0 Å². The molecule has 0 aliphatic carbocycles. The first-order valence-corrected chi connectivity index (χ1v) is 6.56. The molecule has 1 unspecified atom stereocenters. The number of piperidine rings is 1. The predicted molar refractivity (Wildman–Crippen MR) is 70.7 cm³/mol. The topological polar surface area (TPSA) is 58.4 Å². The van der Waals surface area contributed by atoms with E-state index in [9.17, 15) is 4.79 Å². The second kappa shape index (κ2) is 5.36. The van der Waals surface area contributed by atoms with Crippen LogP contribution in [0.3, 0.4) is 0 Å². The van der Waals surface area contributed by atoms with Crippen LogP contribution >= 0.6 is 0 Å². The smallest absolute Gasteiger partial charge is 0.238 e. The number of nitrogens with zero attached hydrogens (tertiary/aromatic N) is 1. The van der Waals surface area contributed by atoms with Crippen molar-refractivity contribution in [3.8, 4) is 0 Å². The lowest BCUT2D eigenvalue weighted by molar-refractivity contribution is -0.124. The summed E-state index contributed by atoms with van der Waals surface area (Å²) in [6, 6.07) is 0. The van der Waals surface area contributed by atoms with Crippen molar-refractivity contribution in [1.82, 2.24) is 10.2 Å². The van der Waals surface area contributed by atoms with Gasteiger partial charge in [-0.05, 0) is 45.3 Å². The third-order valence-electron chi connectivity index (χ3n) is 4.55. The van der Waals surface area contributed by atoms with Gasteiger partial charge in [0.1, 0.15) is 5.54 Å². The quantitative estimate of drug-likeness (QED) is 0.754. The van der Waals surface area contributed by atoms with Crippen molar-refractivity contribution in [1.29, 1.82) is 0 Å². The fraction of sp³-hybridized carbons (Fsp3) is 0.923. The molecule has 0 aromatic carbocycles. The van der Waals surface area contributed by atoms with Crippen molar-refractivity contribution in [3.05, 3.63) is 0 Å². The van der Waals surface area contributed by atoms with Gasteiger partial charge in [0.25, 0.3) is 0 Å². The van der Waals surface area contributed by atoms with E-state index < -0.39 is 5.54 Å². The van der Waals surface area contributed by atoms with E-state index in [0.717, 1.165) is 13.1 Å². The van der Waals surface area contributed by atoms with Crippen molar-refractivity contribution in [2.75, 3.05) is 26.7 Å². The standard InChI is InChI=1S/C13H27N3O/c1-5-12(2)6-8-16(9-7-12)10-13(3,15-4)11(14)17/h15H,5-10H2,1-4H3,(H2,14,17). The van der Waals surface area contributed by atoms with Crippen molar-refractivity contribution >= 4 is 5.91 Å². The monoisotopic (exact) mass is 241 g/mol. The summed E-state index contributed by atoms with van der Waals surface area (Å²) in [7, 11) is 1.80. The highest BCUT2D eigenvalue weighted by molar-refractivity contribution is 5.84. The molecule has 1 rings (SSSR count). The van der Waals surface area contributed by atoms with E-state index in [1.807, 2.05) is 6.92 Å². The number of likely N-dealkylation sites (N-methyl/N-ethyl adjacent to an activating group) is 1. The predicted octanol–water partition coefficient (Wildman–Crippen LogP) is 0.962. The number of likely N-dealkylation sites (tertiary alicyclic amines) is 1. The molecule has 3 N–H and O–H groups in total. The fourth-order valence-corrected chi connectivity index (χ4v) is 2.33. The molecule has 4 nitrogen and oxygen atoms in total. The molecule has 1 aliphatic heterocycles. The Kier molecular flexibility index (Phi) is 4.55. The molecule has 1 amide bonds. The maximum Gasteiger partial charge on any atom is 0.238 e. The Bertz CT molecular complexity index is 272. The van der Waals surface area contributed by atoms with E-state index >= 15 is 0 Å². The third-order valence-corrected chi connectivity index (χ3v) is 4.55. The third kappa shape index (κ3) is 3.42. The van der Waals surface area contributed by atoms with Crippen LogP contribution in [0.4, 0.5) is 0 Å². The zero-order valence-electron chi connectivity index (χ0n) is 11.7. The van der Waals surface area contributed by atoms with Gasteiger partial charge in [-0.15, -0.1) is 0 Å². The van der Waals surface area contributed by atoms with Crippen molar-refractivity contribution < 1.29 is 4.79 Å². The molecule has 100 valence electrons. The molecule has 1 fully saturated rings. The molecule has 0 aromatic heterocycles. The number of hydrogen-bond acceptors (Lipinski definition) is 3. The first kappa shape index (κ1) is 14.5. The van der Waals surface area contributed by atoms with Crippen LogP contribution in [0.2, 0.25) is 0 Å². The molecule has 1 saturated heterocycles. The van der Waals surface area contributed by atoms with Crippen LogP contribution in [-0.2, 0) is 4.79 Å². The van der Waals surface area contributed by atoms with Gasteiger partial charge in [0.05, 0.1) is 0 Å². The van der Waals surface area contributed by atoms with Crippen molar-refractivity contribution in [2.24, 2.45) is 11.1 Å². The highest BCUT2D eigenvalue weighted by Gasteiger charge is 2.35. The average Bonchev–Trinajstić information content (AvgIpc) is 2.32. The lowest BCUT2D eigenvalue weighted by atomic mass is 9.78. The van der Waals surface area contributed by atoms with Gasteiger partial charge in [0.2, 0.25) is 5.91 Å². The van der Waals surface area contributed by atoms with E-state index in [0.29, 0.717) is 12.0 Å². The number of nitrogens with two attached hydrogens (primary N) is 1. The second-order valence-corrected chi connectivity index (χ2v) is 5.89. The first-order chi connectivity index (χ1) is 7.85. The summed E-state index contributed by atoms with van der Waals surface area (Å²) in [5.74, 6) is -0.274. The van der Waals surface area contributed by atoms with Gasteiger partial charge < -0.3 is 16.0 Å². The van der Waals surface area contributed by atoms with E-state index in [4.69, 9.17) is 5.73 Å². The van der Waals surface area contributed by atoms with Crippen LogP contribution < -0.4 is 11.1 Å². The Morgan fingerprint density at radius 3 is 2.35 bits per heavy atom. The van der Waals surface area contributed by atoms with Gasteiger partial charge >= 0.3 is 0 Å². The molecule has 1 aliphatic rings. The van der Waals surface area contributed by atoms with E-state index in [-0.39, 0.29) is 5.91 Å². The zero-order chi connectivity index (χ0) is 13.1. The van der Waals surface area contributed by atoms with Crippen molar-refractivity contribution in [2.45, 2.75) is 45.6 Å². The minimum Gasteiger partial charge on any atom is -0.368 e. The van der Waals surface area contributed by atoms with Crippen LogP contribution in [0.15, 0.2) is 0 Å². The normalized spacial score (nSPS) is 24.2. The molecule has 0 bridgehead atoms. The largest absolute Gasteiger partial charge is 0.368 e. The second-order valence-electron chi connectivity index (χ2n) is 5.89. The van der Waals surface area contributed by atoms with Gasteiger partial charge in [-0.2, -0.15) is 0 Å². The van der Waals surface area contributed by atoms with Gasteiger partial charge in [0, 0.05) is 6.54 Å². The van der Waals surface area contributed by atoms with E-state index in [1.165, 1.54) is 19.3 Å². The number of carbonyl (C=O) groups excluding carboxylic acids is 1. The van der Waals surface area contributed by atoms with E-state index in [2.05, 4.69) is 24.1 Å². The lowest BCUT2D eigenvalue weighted by Gasteiger charge is -2.41. The molecule has 17 heavy (non-hydrogen) atoms. The van der Waals surface area contributed by atoms with Gasteiger partial charge in [-0.1, -0.05) is 20.3 Å². The molecular weight excluding hydrogens is 214 g/mol. The summed E-state index contributed by atoms with van der Waals surface area (Å²) >= 11 is 0. The number of carbonyl (C=O) groups is 1. The van der Waals surface area contributed by atoms with Gasteiger partial charge in [0.15, 0.2) is 0 Å². The molecule has 0 radical (unpaired) electrons. The minimum absolute atomic E-state index is 0.274. The molecule has 0 spiro atoms.